The number of H-pyrrole nitrogens is 1. The van der Waals surface area contributed by atoms with Crippen molar-refractivity contribution >= 4 is 10.9 Å². The van der Waals surface area contributed by atoms with Crippen molar-refractivity contribution in [3.05, 3.63) is 35.5 Å². The van der Waals surface area contributed by atoms with Crippen LogP contribution < -0.4 is 0 Å². The average molecular weight is 354 g/mol. The first-order valence-electron chi connectivity index (χ1n) is 10.2. The molecule has 5 rings (SSSR count). The zero-order valence-electron chi connectivity index (χ0n) is 16.4. The zero-order valence-corrected chi connectivity index (χ0v) is 16.4. The van der Waals surface area contributed by atoms with E-state index in [0.717, 1.165) is 32.1 Å². The minimum Gasteiger partial charge on any atom is -0.392 e. The third kappa shape index (κ3) is 1.56. The van der Waals surface area contributed by atoms with Crippen LogP contribution in [0.4, 0.5) is 0 Å². The maximum atomic E-state index is 12.1. The number of aliphatic hydroxyl groups excluding tert-OH is 1. The van der Waals surface area contributed by atoms with Crippen LogP contribution in [0.15, 0.2) is 24.3 Å². The summed E-state index contributed by atoms with van der Waals surface area (Å²) in [6.07, 6.45) is 4.11. The summed E-state index contributed by atoms with van der Waals surface area (Å²) in [5.74, 6) is 0.560. The average Bonchev–Trinajstić information content (AvgIpc) is 3.11. The lowest BCUT2D eigenvalue weighted by atomic mass is 9.39. The summed E-state index contributed by atoms with van der Waals surface area (Å²) in [6, 6.07) is 8.61. The third-order valence-electron chi connectivity index (χ3n) is 9.33. The number of hydrogen-bond acceptors (Lipinski definition) is 2. The number of fused-ring (bicyclic) bond motifs is 7. The predicted molar refractivity (Wildman–Crippen MR) is 104 cm³/mol. The molecule has 0 bridgehead atoms. The van der Waals surface area contributed by atoms with Gasteiger partial charge >= 0.3 is 0 Å². The standard InChI is InChI=1S/C23H31NO2/c1-20(2)18(25)10-11-21(3)22(4)14(9-12-23(20,21)26)13-16-15-7-5-6-8-17(15)24-19(16)22/h5-8,14,18,24-26H,9-13H2,1-4H3/t14-,18+,21+,22+,23+/m1/s1. The van der Waals surface area contributed by atoms with Crippen LogP contribution >= 0.6 is 0 Å². The van der Waals surface area contributed by atoms with Crippen LogP contribution in [-0.2, 0) is 11.8 Å². The van der Waals surface area contributed by atoms with Gasteiger partial charge in [-0.3, -0.25) is 0 Å². The van der Waals surface area contributed by atoms with E-state index < -0.39 is 17.1 Å². The minimum atomic E-state index is -0.859. The molecule has 0 amide bonds. The number of benzene rings is 1. The largest absolute Gasteiger partial charge is 0.392 e. The van der Waals surface area contributed by atoms with Gasteiger partial charge < -0.3 is 15.2 Å². The molecule has 5 atom stereocenters. The quantitative estimate of drug-likeness (QED) is 0.661. The monoisotopic (exact) mass is 353 g/mol. The van der Waals surface area contributed by atoms with E-state index >= 15 is 0 Å². The van der Waals surface area contributed by atoms with Gasteiger partial charge in [-0.1, -0.05) is 45.9 Å². The Hall–Kier alpha value is -1.32. The van der Waals surface area contributed by atoms with E-state index in [4.69, 9.17) is 0 Å². The van der Waals surface area contributed by atoms with Gasteiger partial charge in [-0.25, -0.2) is 0 Å². The number of para-hydroxylation sites is 1. The molecule has 1 aromatic carbocycles. The van der Waals surface area contributed by atoms with Crippen molar-refractivity contribution < 1.29 is 10.2 Å². The molecule has 0 radical (unpaired) electrons. The molecule has 2 saturated carbocycles. The molecular weight excluding hydrogens is 322 g/mol. The molecule has 26 heavy (non-hydrogen) atoms. The van der Waals surface area contributed by atoms with Gasteiger partial charge in [-0.05, 0) is 49.7 Å². The SMILES string of the molecule is CC1(C)[C@@H](O)CC[C@@]2(C)[C@]3(C)c4[nH]c5ccccc5c4C[C@H]3CC[C@]12O. The Morgan fingerprint density at radius 3 is 2.54 bits per heavy atom. The van der Waals surface area contributed by atoms with E-state index in [0.29, 0.717) is 5.92 Å². The van der Waals surface area contributed by atoms with Crippen molar-refractivity contribution in [1.82, 2.24) is 4.98 Å². The summed E-state index contributed by atoms with van der Waals surface area (Å²) < 4.78 is 0. The Balaban J connectivity index is 1.76. The fraction of sp³-hybridized carbons (Fsp3) is 0.652. The lowest BCUT2D eigenvalue weighted by Gasteiger charge is -2.68. The summed E-state index contributed by atoms with van der Waals surface area (Å²) in [7, 11) is 0. The highest BCUT2D eigenvalue weighted by Crippen LogP contribution is 2.71. The third-order valence-corrected chi connectivity index (χ3v) is 9.33. The van der Waals surface area contributed by atoms with Crippen LogP contribution in [0.1, 0.15) is 64.6 Å². The second kappa shape index (κ2) is 4.74. The van der Waals surface area contributed by atoms with Gasteiger partial charge in [0.2, 0.25) is 0 Å². The zero-order chi connectivity index (χ0) is 18.5. The molecule has 0 saturated heterocycles. The summed E-state index contributed by atoms with van der Waals surface area (Å²) in [6.45, 7) is 8.82. The van der Waals surface area contributed by atoms with Crippen molar-refractivity contribution in [2.75, 3.05) is 0 Å². The Kier molecular flexibility index (Phi) is 3.07. The molecule has 140 valence electrons. The molecule has 3 N–H and O–H groups in total. The van der Waals surface area contributed by atoms with Crippen LogP contribution in [-0.4, -0.2) is 26.9 Å². The van der Waals surface area contributed by atoms with E-state index in [1.807, 2.05) is 0 Å². The topological polar surface area (TPSA) is 56.2 Å². The number of nitrogens with one attached hydrogen (secondary N) is 1. The van der Waals surface area contributed by atoms with Gasteiger partial charge in [-0.15, -0.1) is 0 Å². The first-order valence-corrected chi connectivity index (χ1v) is 10.2. The van der Waals surface area contributed by atoms with E-state index in [1.54, 1.807) is 0 Å². The molecule has 3 aliphatic carbocycles. The molecule has 3 aliphatic rings. The number of aromatic nitrogens is 1. The van der Waals surface area contributed by atoms with Crippen molar-refractivity contribution in [2.45, 2.75) is 76.9 Å². The molecule has 0 spiro atoms. The lowest BCUT2D eigenvalue weighted by molar-refractivity contribution is -0.269. The Bertz CT molecular complexity index is 899. The van der Waals surface area contributed by atoms with E-state index in [2.05, 4.69) is 56.9 Å². The molecule has 2 fully saturated rings. The minimum absolute atomic E-state index is 0.0915. The van der Waals surface area contributed by atoms with Gasteiger partial charge in [0.25, 0.3) is 0 Å². The Morgan fingerprint density at radius 1 is 1.04 bits per heavy atom. The Morgan fingerprint density at radius 2 is 1.77 bits per heavy atom. The smallest absolute Gasteiger partial charge is 0.0785 e. The molecule has 1 heterocycles. The number of rotatable bonds is 0. The molecule has 2 aromatic rings. The number of aliphatic hydroxyl groups is 2. The lowest BCUT2D eigenvalue weighted by Crippen LogP contribution is -2.72. The van der Waals surface area contributed by atoms with Crippen LogP contribution in [0, 0.1) is 16.7 Å². The van der Waals surface area contributed by atoms with Gasteiger partial charge in [0.05, 0.1) is 11.7 Å². The molecule has 0 aliphatic heterocycles. The van der Waals surface area contributed by atoms with E-state index in [1.165, 1.54) is 22.2 Å². The van der Waals surface area contributed by atoms with Crippen molar-refractivity contribution in [3.8, 4) is 0 Å². The number of aromatic amines is 1. The van der Waals surface area contributed by atoms with Crippen LogP contribution in [0.3, 0.4) is 0 Å². The second-order valence-electron chi connectivity index (χ2n) is 10.1. The van der Waals surface area contributed by atoms with Gasteiger partial charge in [-0.2, -0.15) is 0 Å². The maximum absolute atomic E-state index is 12.1. The first kappa shape index (κ1) is 16.8. The molecular formula is C23H31NO2. The molecule has 0 unspecified atom stereocenters. The normalized spacial score (nSPS) is 43.8. The van der Waals surface area contributed by atoms with Crippen LogP contribution in [0.2, 0.25) is 0 Å². The fourth-order valence-electron chi connectivity index (χ4n) is 7.28. The highest BCUT2D eigenvalue weighted by atomic mass is 16.3. The molecule has 3 nitrogen and oxygen atoms in total. The predicted octanol–water partition coefficient (Wildman–Crippen LogP) is 4.31. The molecule has 1 aromatic heterocycles. The van der Waals surface area contributed by atoms with Gasteiger partial charge in [0, 0.05) is 32.8 Å². The maximum Gasteiger partial charge on any atom is 0.0785 e. The summed E-state index contributed by atoms with van der Waals surface area (Å²) in [4.78, 5) is 3.76. The van der Waals surface area contributed by atoms with Crippen LogP contribution in [0.25, 0.3) is 10.9 Å². The highest BCUT2D eigenvalue weighted by Gasteiger charge is 2.72. The summed E-state index contributed by atoms with van der Waals surface area (Å²) in [5.41, 5.74) is 2.32. The van der Waals surface area contributed by atoms with Gasteiger partial charge in [0.1, 0.15) is 0 Å². The molecule has 3 heteroatoms. The van der Waals surface area contributed by atoms with E-state index in [9.17, 15) is 10.2 Å². The second-order valence-corrected chi connectivity index (χ2v) is 10.1. The van der Waals surface area contributed by atoms with Crippen molar-refractivity contribution in [3.63, 3.8) is 0 Å². The van der Waals surface area contributed by atoms with Crippen LogP contribution in [0.5, 0.6) is 0 Å². The highest BCUT2D eigenvalue weighted by molar-refractivity contribution is 5.86. The summed E-state index contributed by atoms with van der Waals surface area (Å²) >= 11 is 0. The van der Waals surface area contributed by atoms with E-state index in [-0.39, 0.29) is 10.8 Å². The van der Waals surface area contributed by atoms with Crippen molar-refractivity contribution in [2.24, 2.45) is 16.7 Å². The number of hydrogen-bond donors (Lipinski definition) is 3. The summed E-state index contributed by atoms with van der Waals surface area (Å²) in [5, 5.41) is 24.2. The first-order chi connectivity index (χ1) is 12.2. The Labute approximate surface area is 155 Å². The van der Waals surface area contributed by atoms with Crippen molar-refractivity contribution in [1.29, 1.82) is 0 Å². The van der Waals surface area contributed by atoms with Gasteiger partial charge in [0.15, 0.2) is 0 Å². The fourth-order valence-corrected chi connectivity index (χ4v) is 7.28.